The largest absolute Gasteiger partial charge is 0.506 e. The summed E-state index contributed by atoms with van der Waals surface area (Å²) in [5.41, 5.74) is 2.39. The van der Waals surface area contributed by atoms with Gasteiger partial charge in [0.25, 0.3) is 0 Å². The van der Waals surface area contributed by atoms with Gasteiger partial charge in [-0.15, -0.1) is 0 Å². The first-order valence-electron chi connectivity index (χ1n) is 4.64. The number of aromatic amines is 1. The molecule has 2 aromatic heterocycles. The predicted molar refractivity (Wildman–Crippen MR) is 56.6 cm³/mol. The van der Waals surface area contributed by atoms with E-state index in [1.807, 2.05) is 6.92 Å². The predicted octanol–water partition coefficient (Wildman–Crippen LogP) is 1.43. The lowest BCUT2D eigenvalue weighted by atomic mass is 10.3. The number of pyridine rings is 1. The Morgan fingerprint density at radius 3 is 3.07 bits per heavy atom. The minimum absolute atomic E-state index is 0.205. The molecule has 0 bridgehead atoms. The first kappa shape index (κ1) is 9.51. The SMILES string of the molecule is Cc1ccc(O)c(CNc2cn[nH]c2)n1. The average molecular weight is 204 g/mol. The van der Waals surface area contributed by atoms with E-state index in [4.69, 9.17) is 0 Å². The molecule has 0 aromatic carbocycles. The van der Waals surface area contributed by atoms with Crippen LogP contribution in [0.5, 0.6) is 5.75 Å². The highest BCUT2D eigenvalue weighted by molar-refractivity contribution is 5.39. The number of anilines is 1. The fourth-order valence-electron chi connectivity index (χ4n) is 1.27. The lowest BCUT2D eigenvalue weighted by molar-refractivity contribution is 0.464. The van der Waals surface area contributed by atoms with Crippen molar-refractivity contribution in [2.24, 2.45) is 0 Å². The van der Waals surface area contributed by atoms with Crippen LogP contribution in [0.3, 0.4) is 0 Å². The van der Waals surface area contributed by atoms with Gasteiger partial charge in [-0.1, -0.05) is 0 Å². The first-order chi connectivity index (χ1) is 7.25. The van der Waals surface area contributed by atoms with Crippen molar-refractivity contribution < 1.29 is 5.11 Å². The Bertz CT molecular complexity index is 439. The van der Waals surface area contributed by atoms with Crippen LogP contribution in [-0.4, -0.2) is 20.3 Å². The van der Waals surface area contributed by atoms with Gasteiger partial charge < -0.3 is 10.4 Å². The molecule has 0 unspecified atom stereocenters. The summed E-state index contributed by atoms with van der Waals surface area (Å²) in [4.78, 5) is 4.23. The zero-order valence-corrected chi connectivity index (χ0v) is 8.36. The Morgan fingerprint density at radius 1 is 1.47 bits per heavy atom. The summed E-state index contributed by atoms with van der Waals surface area (Å²) in [6.45, 7) is 2.37. The van der Waals surface area contributed by atoms with Gasteiger partial charge in [0.2, 0.25) is 0 Å². The van der Waals surface area contributed by atoms with Crippen molar-refractivity contribution in [2.75, 3.05) is 5.32 Å². The molecule has 2 aromatic rings. The minimum atomic E-state index is 0.205. The average Bonchev–Trinajstić information content (AvgIpc) is 2.72. The number of aromatic hydroxyl groups is 1. The molecule has 3 N–H and O–H groups in total. The third-order valence-electron chi connectivity index (χ3n) is 2.05. The van der Waals surface area contributed by atoms with Gasteiger partial charge in [0.05, 0.1) is 18.4 Å². The van der Waals surface area contributed by atoms with Crippen molar-refractivity contribution in [3.05, 3.63) is 35.9 Å². The van der Waals surface area contributed by atoms with E-state index in [0.29, 0.717) is 12.2 Å². The van der Waals surface area contributed by atoms with E-state index < -0.39 is 0 Å². The van der Waals surface area contributed by atoms with Gasteiger partial charge in [-0.3, -0.25) is 10.1 Å². The van der Waals surface area contributed by atoms with Crippen molar-refractivity contribution in [1.29, 1.82) is 0 Å². The highest BCUT2D eigenvalue weighted by Crippen LogP contribution is 2.15. The summed E-state index contributed by atoms with van der Waals surface area (Å²) in [6.07, 6.45) is 3.42. The smallest absolute Gasteiger partial charge is 0.138 e. The van der Waals surface area contributed by atoms with Crippen molar-refractivity contribution in [3.63, 3.8) is 0 Å². The zero-order chi connectivity index (χ0) is 10.7. The van der Waals surface area contributed by atoms with E-state index in [2.05, 4.69) is 20.5 Å². The number of hydrogen-bond donors (Lipinski definition) is 3. The highest BCUT2D eigenvalue weighted by atomic mass is 16.3. The van der Waals surface area contributed by atoms with Gasteiger partial charge in [-0.05, 0) is 19.1 Å². The summed E-state index contributed by atoms with van der Waals surface area (Å²) >= 11 is 0. The normalized spacial score (nSPS) is 10.2. The second-order valence-corrected chi connectivity index (χ2v) is 3.26. The number of H-pyrrole nitrogens is 1. The van der Waals surface area contributed by atoms with E-state index >= 15 is 0 Å². The molecule has 2 heterocycles. The molecule has 0 saturated heterocycles. The fraction of sp³-hybridized carbons (Fsp3) is 0.200. The lowest BCUT2D eigenvalue weighted by Gasteiger charge is -2.05. The van der Waals surface area contributed by atoms with Crippen LogP contribution in [-0.2, 0) is 6.54 Å². The molecule has 5 heteroatoms. The molecule has 2 rings (SSSR count). The van der Waals surface area contributed by atoms with Crippen molar-refractivity contribution in [1.82, 2.24) is 15.2 Å². The first-order valence-corrected chi connectivity index (χ1v) is 4.64. The molecular weight excluding hydrogens is 192 g/mol. The van der Waals surface area contributed by atoms with Crippen molar-refractivity contribution in [2.45, 2.75) is 13.5 Å². The van der Waals surface area contributed by atoms with Crippen LogP contribution in [0.2, 0.25) is 0 Å². The van der Waals surface area contributed by atoms with Gasteiger partial charge in [-0.2, -0.15) is 5.10 Å². The van der Waals surface area contributed by atoms with E-state index in [0.717, 1.165) is 11.4 Å². The molecule has 0 aliphatic carbocycles. The van der Waals surface area contributed by atoms with Gasteiger partial charge in [0.1, 0.15) is 11.4 Å². The van der Waals surface area contributed by atoms with E-state index in [1.165, 1.54) is 0 Å². The summed E-state index contributed by atoms with van der Waals surface area (Å²) < 4.78 is 0. The molecule has 0 aliphatic rings. The Labute approximate surface area is 87.2 Å². The molecule has 0 fully saturated rings. The van der Waals surface area contributed by atoms with Gasteiger partial charge in [0.15, 0.2) is 0 Å². The zero-order valence-electron chi connectivity index (χ0n) is 8.36. The fourth-order valence-corrected chi connectivity index (χ4v) is 1.27. The van der Waals surface area contributed by atoms with Crippen LogP contribution in [0.15, 0.2) is 24.5 Å². The Kier molecular flexibility index (Phi) is 2.53. The summed E-state index contributed by atoms with van der Waals surface area (Å²) in [5.74, 6) is 0.205. The number of rotatable bonds is 3. The van der Waals surface area contributed by atoms with E-state index in [1.54, 1.807) is 24.5 Å². The molecule has 0 radical (unpaired) electrons. The number of aromatic nitrogens is 3. The molecule has 0 saturated carbocycles. The number of hydrogen-bond acceptors (Lipinski definition) is 4. The topological polar surface area (TPSA) is 73.8 Å². The van der Waals surface area contributed by atoms with E-state index in [-0.39, 0.29) is 5.75 Å². The molecule has 5 nitrogen and oxygen atoms in total. The standard InChI is InChI=1S/C10H12N4O/c1-7-2-3-10(15)9(14-7)6-11-8-4-12-13-5-8/h2-5,11,15H,6H2,1H3,(H,12,13). The number of aryl methyl sites for hydroxylation is 1. The lowest BCUT2D eigenvalue weighted by Crippen LogP contribution is -2.02. The van der Waals surface area contributed by atoms with Crippen molar-refractivity contribution >= 4 is 5.69 Å². The van der Waals surface area contributed by atoms with Crippen molar-refractivity contribution in [3.8, 4) is 5.75 Å². The summed E-state index contributed by atoms with van der Waals surface area (Å²) in [5, 5.41) is 19.1. The van der Waals surface area contributed by atoms with E-state index in [9.17, 15) is 5.11 Å². The summed E-state index contributed by atoms with van der Waals surface area (Å²) in [7, 11) is 0. The van der Waals surface area contributed by atoms with Gasteiger partial charge >= 0.3 is 0 Å². The highest BCUT2D eigenvalue weighted by Gasteiger charge is 2.02. The number of nitrogens with one attached hydrogen (secondary N) is 2. The molecule has 0 aliphatic heterocycles. The third kappa shape index (κ3) is 2.25. The second kappa shape index (κ2) is 4.00. The van der Waals surface area contributed by atoms with Crippen LogP contribution in [0, 0.1) is 6.92 Å². The molecule has 0 atom stereocenters. The van der Waals surface area contributed by atoms with Crippen LogP contribution in [0.1, 0.15) is 11.4 Å². The van der Waals surface area contributed by atoms with Crippen LogP contribution >= 0.6 is 0 Å². The third-order valence-corrected chi connectivity index (χ3v) is 2.05. The molecule has 0 spiro atoms. The maximum absolute atomic E-state index is 9.54. The maximum Gasteiger partial charge on any atom is 0.138 e. The second-order valence-electron chi connectivity index (χ2n) is 3.26. The van der Waals surface area contributed by atoms with Crippen LogP contribution in [0.25, 0.3) is 0 Å². The molecule has 15 heavy (non-hydrogen) atoms. The quantitative estimate of drug-likeness (QED) is 0.707. The Balaban J connectivity index is 2.07. The monoisotopic (exact) mass is 204 g/mol. The summed E-state index contributed by atoms with van der Waals surface area (Å²) in [6, 6.07) is 3.42. The Morgan fingerprint density at radius 2 is 2.33 bits per heavy atom. The Hall–Kier alpha value is -2.04. The molecular formula is C10H12N4O. The molecule has 78 valence electrons. The van der Waals surface area contributed by atoms with Gasteiger partial charge in [-0.25, -0.2) is 0 Å². The minimum Gasteiger partial charge on any atom is -0.506 e. The van der Waals surface area contributed by atoms with Crippen LogP contribution in [0.4, 0.5) is 5.69 Å². The van der Waals surface area contributed by atoms with Crippen LogP contribution < -0.4 is 5.32 Å². The molecule has 0 amide bonds. The van der Waals surface area contributed by atoms with Gasteiger partial charge in [0, 0.05) is 11.9 Å². The maximum atomic E-state index is 9.54. The number of nitrogens with zero attached hydrogens (tertiary/aromatic N) is 2.